The topological polar surface area (TPSA) is 63.3 Å². The number of carbonyl (C=O) groups excluding carboxylic acids is 1. The quantitative estimate of drug-likeness (QED) is 0.735. The van der Waals surface area contributed by atoms with Crippen LogP contribution in [-0.4, -0.2) is 11.0 Å². The van der Waals surface area contributed by atoms with Crippen molar-refractivity contribution in [2.75, 3.05) is 0 Å². The third kappa shape index (κ3) is 0.981. The highest BCUT2D eigenvalue weighted by molar-refractivity contribution is 7.38. The first-order valence-electron chi connectivity index (χ1n) is 3.18. The van der Waals surface area contributed by atoms with Gasteiger partial charge in [-0.05, 0) is 0 Å². The van der Waals surface area contributed by atoms with E-state index in [1.54, 1.807) is 11.4 Å². The average molecular weight is 199 g/mol. The summed E-state index contributed by atoms with van der Waals surface area (Å²) in [5.74, 6) is -0.445. The Balaban J connectivity index is 2.76. The minimum atomic E-state index is -0.445. The zero-order valence-corrected chi connectivity index (χ0v) is 7.54. The van der Waals surface area contributed by atoms with E-state index in [4.69, 9.17) is 10.8 Å². The van der Waals surface area contributed by atoms with E-state index >= 15 is 0 Å². The molecule has 62 valence electrons. The van der Waals surface area contributed by atoms with Gasteiger partial charge in [0.1, 0.15) is 0 Å². The summed E-state index contributed by atoms with van der Waals surface area (Å²) in [7, 11) is 0. The van der Waals surface area contributed by atoms with E-state index in [0.717, 1.165) is 9.40 Å². The lowest BCUT2D eigenvalue weighted by atomic mass is 10.2. The average Bonchev–Trinajstić information content (AvgIpc) is 2.43. The Bertz CT molecular complexity index is 443. The highest BCUT2D eigenvalue weighted by atomic mass is 32.2. The number of thiophene rings is 2. The van der Waals surface area contributed by atoms with Gasteiger partial charge in [0, 0.05) is 16.8 Å². The van der Waals surface area contributed by atoms with Crippen molar-refractivity contribution in [2.24, 2.45) is 5.73 Å². The first-order valence-corrected chi connectivity index (χ1v) is 4.88. The number of primary amides is 1. The molecular formula is C7H5NO2S2. The molecule has 0 aliphatic rings. The van der Waals surface area contributed by atoms with Crippen LogP contribution in [0.5, 0.6) is 5.06 Å². The van der Waals surface area contributed by atoms with Crippen LogP contribution >= 0.6 is 22.7 Å². The van der Waals surface area contributed by atoms with E-state index in [9.17, 15) is 4.79 Å². The van der Waals surface area contributed by atoms with Crippen molar-refractivity contribution in [2.45, 2.75) is 0 Å². The monoisotopic (exact) mass is 199 g/mol. The van der Waals surface area contributed by atoms with Crippen molar-refractivity contribution >= 4 is 38.0 Å². The van der Waals surface area contributed by atoms with Crippen LogP contribution in [0.1, 0.15) is 10.4 Å². The highest BCUT2D eigenvalue weighted by Gasteiger charge is 2.11. The van der Waals surface area contributed by atoms with Gasteiger partial charge in [-0.1, -0.05) is 11.3 Å². The van der Waals surface area contributed by atoms with Gasteiger partial charge in [0.15, 0.2) is 5.06 Å². The molecule has 2 aromatic heterocycles. The molecule has 3 N–H and O–H groups in total. The van der Waals surface area contributed by atoms with E-state index in [1.807, 2.05) is 0 Å². The predicted molar refractivity (Wildman–Crippen MR) is 49.9 cm³/mol. The van der Waals surface area contributed by atoms with Crippen LogP contribution in [0.3, 0.4) is 0 Å². The number of rotatable bonds is 1. The van der Waals surface area contributed by atoms with E-state index in [-0.39, 0.29) is 5.06 Å². The molecule has 0 saturated heterocycles. The van der Waals surface area contributed by atoms with E-state index in [2.05, 4.69) is 0 Å². The summed E-state index contributed by atoms with van der Waals surface area (Å²) >= 11 is 2.68. The molecule has 0 aliphatic heterocycles. The Labute approximate surface area is 76.1 Å². The number of aromatic hydroxyl groups is 1. The maximum absolute atomic E-state index is 10.8. The van der Waals surface area contributed by atoms with Gasteiger partial charge in [0.05, 0.1) is 9.58 Å². The van der Waals surface area contributed by atoms with Gasteiger partial charge in [0.2, 0.25) is 5.91 Å². The van der Waals surface area contributed by atoms with Gasteiger partial charge in [-0.2, -0.15) is 0 Å². The number of hydrogen-bond donors (Lipinski definition) is 2. The Morgan fingerprint density at radius 1 is 1.58 bits per heavy atom. The summed E-state index contributed by atoms with van der Waals surface area (Å²) in [6.07, 6.45) is 0. The van der Waals surface area contributed by atoms with Crippen LogP contribution in [0.15, 0.2) is 11.4 Å². The normalized spacial score (nSPS) is 10.7. The summed E-state index contributed by atoms with van der Waals surface area (Å²) in [6, 6.07) is 1.57. The van der Waals surface area contributed by atoms with Gasteiger partial charge in [0.25, 0.3) is 0 Å². The molecule has 0 atom stereocenters. The first kappa shape index (κ1) is 7.57. The summed E-state index contributed by atoms with van der Waals surface area (Å²) in [5, 5.41) is 11.8. The van der Waals surface area contributed by atoms with Gasteiger partial charge in [-0.15, -0.1) is 11.3 Å². The SMILES string of the molecule is NC(=O)c1csc2sc(O)cc12. The Kier molecular flexibility index (Phi) is 1.55. The third-order valence-electron chi connectivity index (χ3n) is 1.52. The standard InChI is InChI=1S/C7H5NO2S2/c8-6(10)4-2-11-7-3(4)1-5(9)12-7/h1-2,9H,(H2,8,10). The number of carbonyl (C=O) groups is 1. The molecule has 0 saturated carbocycles. The smallest absolute Gasteiger partial charge is 0.250 e. The van der Waals surface area contributed by atoms with E-state index in [0.29, 0.717) is 5.56 Å². The zero-order valence-electron chi connectivity index (χ0n) is 5.90. The first-order chi connectivity index (χ1) is 5.68. The van der Waals surface area contributed by atoms with Gasteiger partial charge < -0.3 is 10.8 Å². The fourth-order valence-corrected chi connectivity index (χ4v) is 3.01. The largest absolute Gasteiger partial charge is 0.499 e. The lowest BCUT2D eigenvalue weighted by Crippen LogP contribution is -2.09. The number of hydrogen-bond acceptors (Lipinski definition) is 4. The van der Waals surface area contributed by atoms with Crippen LogP contribution < -0.4 is 5.73 Å². The molecule has 0 fully saturated rings. The summed E-state index contributed by atoms with van der Waals surface area (Å²) in [5.41, 5.74) is 5.62. The van der Waals surface area contributed by atoms with Crippen molar-refractivity contribution in [3.05, 3.63) is 17.0 Å². The van der Waals surface area contributed by atoms with E-state index < -0.39 is 5.91 Å². The van der Waals surface area contributed by atoms with Crippen molar-refractivity contribution in [3.8, 4) is 5.06 Å². The second-order valence-corrected chi connectivity index (χ2v) is 4.47. The molecule has 0 aliphatic carbocycles. The molecule has 2 rings (SSSR count). The molecule has 1 amide bonds. The van der Waals surface area contributed by atoms with Gasteiger partial charge in [-0.3, -0.25) is 4.79 Å². The summed E-state index contributed by atoms with van der Waals surface area (Å²) in [6.45, 7) is 0. The summed E-state index contributed by atoms with van der Waals surface area (Å²) in [4.78, 5) is 10.8. The molecule has 0 spiro atoms. The van der Waals surface area contributed by atoms with Crippen LogP contribution in [0.25, 0.3) is 9.40 Å². The minimum absolute atomic E-state index is 0.222. The number of amides is 1. The van der Waals surface area contributed by atoms with Gasteiger partial charge >= 0.3 is 0 Å². The zero-order chi connectivity index (χ0) is 8.72. The van der Waals surface area contributed by atoms with Crippen molar-refractivity contribution in [1.82, 2.24) is 0 Å². The molecule has 2 heterocycles. The minimum Gasteiger partial charge on any atom is -0.499 e. The van der Waals surface area contributed by atoms with E-state index in [1.165, 1.54) is 22.7 Å². The Morgan fingerprint density at radius 2 is 2.33 bits per heavy atom. The van der Waals surface area contributed by atoms with Crippen LogP contribution in [0.2, 0.25) is 0 Å². The molecule has 0 radical (unpaired) electrons. The lowest BCUT2D eigenvalue weighted by Gasteiger charge is -1.85. The molecule has 0 aromatic carbocycles. The Morgan fingerprint density at radius 3 is 3.00 bits per heavy atom. The van der Waals surface area contributed by atoms with Crippen LogP contribution in [0, 0.1) is 0 Å². The highest BCUT2D eigenvalue weighted by Crippen LogP contribution is 2.37. The Hall–Kier alpha value is -1.07. The molecule has 5 heteroatoms. The van der Waals surface area contributed by atoms with Gasteiger partial charge in [-0.25, -0.2) is 0 Å². The maximum atomic E-state index is 10.8. The summed E-state index contributed by atoms with van der Waals surface area (Å²) < 4.78 is 0.932. The number of nitrogens with two attached hydrogens (primary N) is 1. The van der Waals surface area contributed by atoms with Crippen molar-refractivity contribution in [3.63, 3.8) is 0 Å². The van der Waals surface area contributed by atoms with Crippen molar-refractivity contribution < 1.29 is 9.90 Å². The molecule has 2 aromatic rings. The second-order valence-electron chi connectivity index (χ2n) is 2.30. The number of fused-ring (bicyclic) bond motifs is 1. The van der Waals surface area contributed by atoms with Crippen molar-refractivity contribution in [1.29, 1.82) is 0 Å². The molecule has 0 unspecified atom stereocenters. The van der Waals surface area contributed by atoms with Crippen LogP contribution in [-0.2, 0) is 0 Å². The van der Waals surface area contributed by atoms with Crippen LogP contribution in [0.4, 0.5) is 0 Å². The lowest BCUT2D eigenvalue weighted by molar-refractivity contribution is 0.100. The predicted octanol–water partition coefficient (Wildman–Crippen LogP) is 1.77. The molecule has 3 nitrogen and oxygen atoms in total. The molecule has 12 heavy (non-hydrogen) atoms. The third-order valence-corrected chi connectivity index (χ3v) is 3.58. The fraction of sp³-hybridized carbons (Fsp3) is 0. The molecular weight excluding hydrogens is 194 g/mol. The fourth-order valence-electron chi connectivity index (χ4n) is 1.00. The maximum Gasteiger partial charge on any atom is 0.250 e. The second kappa shape index (κ2) is 2.46. The molecule has 0 bridgehead atoms.